The number of halogens is 1. The van der Waals surface area contributed by atoms with Gasteiger partial charge in [0.2, 0.25) is 0 Å². The Morgan fingerprint density at radius 1 is 1.04 bits per heavy atom. The van der Waals surface area contributed by atoms with Gasteiger partial charge in [0.25, 0.3) is 0 Å². The first-order valence-corrected chi connectivity index (χ1v) is 8.99. The van der Waals surface area contributed by atoms with Crippen LogP contribution in [-0.2, 0) is 5.41 Å². The molecule has 2 aromatic rings. The van der Waals surface area contributed by atoms with Crippen LogP contribution >= 0.6 is 0 Å². The Labute approximate surface area is 163 Å². The van der Waals surface area contributed by atoms with Gasteiger partial charge in [-0.3, -0.25) is 4.79 Å². The van der Waals surface area contributed by atoms with E-state index >= 15 is 0 Å². The first kappa shape index (κ1) is 22.4. The Bertz CT molecular complexity index is 678. The minimum absolute atomic E-state index is 0. The van der Waals surface area contributed by atoms with E-state index in [1.807, 2.05) is 66.8 Å². The van der Waals surface area contributed by atoms with Crippen LogP contribution in [0.25, 0.3) is 0 Å². The zero-order chi connectivity index (χ0) is 18.4. The summed E-state index contributed by atoms with van der Waals surface area (Å²) in [5.74, 6) is 0.151. The Balaban J connectivity index is 0.00000338. The SMILES string of the molecule is CC([NH2+]CCC(=O)c1ccc(C(C)(C)C)cc1)C(O)c1ccccc1.[Cl-]. The van der Waals surface area contributed by atoms with Gasteiger partial charge in [-0.05, 0) is 23.5 Å². The van der Waals surface area contributed by atoms with E-state index in [-0.39, 0.29) is 29.6 Å². The van der Waals surface area contributed by atoms with E-state index in [2.05, 4.69) is 20.8 Å². The Hall–Kier alpha value is -1.68. The minimum atomic E-state index is -0.526. The van der Waals surface area contributed by atoms with E-state index < -0.39 is 6.10 Å². The van der Waals surface area contributed by atoms with Gasteiger partial charge in [0, 0.05) is 5.56 Å². The molecule has 3 N–H and O–H groups in total. The van der Waals surface area contributed by atoms with Crippen molar-refractivity contribution in [2.45, 2.75) is 51.7 Å². The lowest BCUT2D eigenvalue weighted by Crippen LogP contribution is -3.00. The van der Waals surface area contributed by atoms with Crippen LogP contribution in [0.1, 0.15) is 61.7 Å². The molecule has 0 saturated heterocycles. The average molecular weight is 376 g/mol. The summed E-state index contributed by atoms with van der Waals surface area (Å²) in [5, 5.41) is 12.4. The fraction of sp³-hybridized carbons (Fsp3) is 0.409. The van der Waals surface area contributed by atoms with Crippen LogP contribution in [0.15, 0.2) is 54.6 Å². The molecule has 0 radical (unpaired) electrons. The van der Waals surface area contributed by atoms with Crippen LogP contribution in [0.3, 0.4) is 0 Å². The Morgan fingerprint density at radius 3 is 2.15 bits per heavy atom. The minimum Gasteiger partial charge on any atom is -1.00 e. The molecule has 142 valence electrons. The summed E-state index contributed by atoms with van der Waals surface area (Å²) < 4.78 is 0. The molecule has 0 bridgehead atoms. The van der Waals surface area contributed by atoms with Gasteiger partial charge in [0.05, 0.1) is 13.0 Å². The molecule has 2 rings (SSSR count). The molecule has 4 heteroatoms. The van der Waals surface area contributed by atoms with Crippen LogP contribution in [-0.4, -0.2) is 23.5 Å². The van der Waals surface area contributed by atoms with Crippen LogP contribution in [0, 0.1) is 0 Å². The van der Waals surface area contributed by atoms with Crippen molar-refractivity contribution in [2.24, 2.45) is 0 Å². The molecule has 0 aromatic heterocycles. The Kier molecular flexibility index (Phi) is 8.48. The van der Waals surface area contributed by atoms with Crippen molar-refractivity contribution in [3.63, 3.8) is 0 Å². The fourth-order valence-corrected chi connectivity index (χ4v) is 2.86. The smallest absolute Gasteiger partial charge is 0.168 e. The van der Waals surface area contributed by atoms with Gasteiger partial charge in [0.1, 0.15) is 12.1 Å². The Morgan fingerprint density at radius 2 is 1.62 bits per heavy atom. The fourth-order valence-electron chi connectivity index (χ4n) is 2.86. The second-order valence-electron chi connectivity index (χ2n) is 7.74. The summed E-state index contributed by atoms with van der Waals surface area (Å²) >= 11 is 0. The van der Waals surface area contributed by atoms with Gasteiger partial charge < -0.3 is 22.8 Å². The van der Waals surface area contributed by atoms with Crippen molar-refractivity contribution in [3.8, 4) is 0 Å². The van der Waals surface area contributed by atoms with Crippen LogP contribution in [0.4, 0.5) is 0 Å². The molecular formula is C22H30ClNO2. The number of aliphatic hydroxyl groups excluding tert-OH is 1. The number of carbonyl (C=O) groups excluding carboxylic acids is 1. The molecule has 26 heavy (non-hydrogen) atoms. The molecule has 0 amide bonds. The van der Waals surface area contributed by atoms with Crippen molar-refractivity contribution >= 4 is 5.78 Å². The van der Waals surface area contributed by atoms with Gasteiger partial charge >= 0.3 is 0 Å². The quantitative estimate of drug-likeness (QED) is 0.681. The lowest BCUT2D eigenvalue weighted by Gasteiger charge is -2.19. The van der Waals surface area contributed by atoms with Crippen molar-refractivity contribution in [1.29, 1.82) is 0 Å². The van der Waals surface area contributed by atoms with E-state index in [1.54, 1.807) is 0 Å². The van der Waals surface area contributed by atoms with Crippen molar-refractivity contribution < 1.29 is 27.6 Å². The summed E-state index contributed by atoms with van der Waals surface area (Å²) in [4.78, 5) is 12.3. The van der Waals surface area contributed by atoms with Crippen molar-refractivity contribution in [1.82, 2.24) is 0 Å². The molecule has 2 atom stereocenters. The van der Waals surface area contributed by atoms with Gasteiger partial charge in [-0.25, -0.2) is 0 Å². The largest absolute Gasteiger partial charge is 1.00 e. The summed E-state index contributed by atoms with van der Waals surface area (Å²) in [6, 6.07) is 17.6. The van der Waals surface area contributed by atoms with E-state index in [9.17, 15) is 9.90 Å². The maximum absolute atomic E-state index is 12.3. The zero-order valence-corrected chi connectivity index (χ0v) is 16.8. The molecule has 0 aliphatic rings. The first-order valence-electron chi connectivity index (χ1n) is 8.99. The van der Waals surface area contributed by atoms with Gasteiger partial charge in [-0.15, -0.1) is 0 Å². The maximum Gasteiger partial charge on any atom is 0.168 e. The third-order valence-corrected chi connectivity index (χ3v) is 4.62. The number of hydrogen-bond donors (Lipinski definition) is 2. The van der Waals surface area contributed by atoms with E-state index in [0.29, 0.717) is 13.0 Å². The van der Waals surface area contributed by atoms with Crippen molar-refractivity contribution in [2.75, 3.05) is 6.54 Å². The summed E-state index contributed by atoms with van der Waals surface area (Å²) in [5.41, 5.74) is 3.00. The third kappa shape index (κ3) is 6.24. The molecule has 0 saturated carbocycles. The highest BCUT2D eigenvalue weighted by Crippen LogP contribution is 2.22. The molecule has 0 fully saturated rings. The lowest BCUT2D eigenvalue weighted by molar-refractivity contribution is -0.693. The summed E-state index contributed by atoms with van der Waals surface area (Å²) in [6.45, 7) is 9.15. The van der Waals surface area contributed by atoms with Crippen LogP contribution in [0.5, 0.6) is 0 Å². The maximum atomic E-state index is 12.3. The highest BCUT2D eigenvalue weighted by Gasteiger charge is 2.19. The number of ketones is 1. The second-order valence-corrected chi connectivity index (χ2v) is 7.74. The number of rotatable bonds is 7. The normalized spacial score (nSPS) is 13.6. The molecule has 2 aromatic carbocycles. The molecule has 3 nitrogen and oxygen atoms in total. The van der Waals surface area contributed by atoms with Gasteiger partial charge in [-0.1, -0.05) is 75.4 Å². The number of quaternary nitrogens is 1. The molecule has 0 heterocycles. The average Bonchev–Trinajstić information content (AvgIpc) is 2.61. The highest BCUT2D eigenvalue weighted by atomic mass is 35.5. The molecule has 0 aliphatic carbocycles. The number of aliphatic hydroxyl groups is 1. The predicted molar refractivity (Wildman–Crippen MR) is 102 cm³/mol. The highest BCUT2D eigenvalue weighted by molar-refractivity contribution is 5.96. The molecular weight excluding hydrogens is 346 g/mol. The molecule has 0 spiro atoms. The van der Waals surface area contributed by atoms with E-state index in [1.165, 1.54) is 5.56 Å². The summed E-state index contributed by atoms with van der Waals surface area (Å²) in [6.07, 6.45) is -0.0527. The monoisotopic (exact) mass is 375 g/mol. The van der Waals surface area contributed by atoms with Crippen LogP contribution < -0.4 is 17.7 Å². The number of hydrogen-bond acceptors (Lipinski definition) is 2. The number of carbonyl (C=O) groups is 1. The molecule has 2 unspecified atom stereocenters. The van der Waals surface area contributed by atoms with E-state index in [4.69, 9.17) is 0 Å². The van der Waals surface area contributed by atoms with E-state index in [0.717, 1.165) is 11.1 Å². The van der Waals surface area contributed by atoms with Gasteiger partial charge in [-0.2, -0.15) is 0 Å². The number of Topliss-reactive ketones (excluding diaryl/α,β-unsaturated/α-hetero) is 1. The second kappa shape index (κ2) is 9.86. The third-order valence-electron chi connectivity index (χ3n) is 4.62. The summed E-state index contributed by atoms with van der Waals surface area (Å²) in [7, 11) is 0. The van der Waals surface area contributed by atoms with Crippen LogP contribution in [0.2, 0.25) is 0 Å². The topological polar surface area (TPSA) is 53.9 Å². The number of benzene rings is 2. The lowest BCUT2D eigenvalue weighted by atomic mass is 9.86. The number of nitrogens with two attached hydrogens (primary N) is 1. The van der Waals surface area contributed by atoms with Crippen molar-refractivity contribution in [3.05, 3.63) is 71.3 Å². The standard InChI is InChI=1S/C22H29NO2.ClH/c1-16(21(25)18-8-6-5-7-9-18)23-15-14-20(24)17-10-12-19(13-11-17)22(2,3)4;/h5-13,16,21,23,25H,14-15H2,1-4H3;1H. The zero-order valence-electron chi connectivity index (χ0n) is 16.1. The predicted octanol–water partition coefficient (Wildman–Crippen LogP) is 0.246. The molecule has 0 aliphatic heterocycles. The first-order chi connectivity index (χ1) is 11.8. The van der Waals surface area contributed by atoms with Gasteiger partial charge in [0.15, 0.2) is 5.78 Å².